The van der Waals surface area contributed by atoms with Gasteiger partial charge in [0.05, 0.1) is 0 Å². The first-order valence-corrected chi connectivity index (χ1v) is 5.83. The predicted molar refractivity (Wildman–Crippen MR) is 58.4 cm³/mol. The molecule has 0 aliphatic heterocycles. The highest BCUT2D eigenvalue weighted by molar-refractivity contribution is 8.77. The zero-order chi connectivity index (χ0) is 11.1. The van der Waals surface area contributed by atoms with Crippen LogP contribution >= 0.6 is 21.6 Å². The molecule has 0 fully saturated rings. The molecule has 0 aromatic heterocycles. The molecule has 78 valence electrons. The van der Waals surface area contributed by atoms with Crippen LogP contribution in [-0.4, -0.2) is 32.7 Å². The maximum Gasteiger partial charge on any atom is 0.321 e. The van der Waals surface area contributed by atoms with Crippen molar-refractivity contribution in [2.45, 2.75) is 10.5 Å². The Hall–Kier alpha value is -0.880. The number of aliphatic carboxylic acids is 2. The lowest BCUT2D eigenvalue weighted by Gasteiger charge is -2.08. The molecule has 0 radical (unpaired) electrons. The Labute approximate surface area is 89.5 Å². The van der Waals surface area contributed by atoms with Gasteiger partial charge in [0.15, 0.2) is 0 Å². The molecule has 0 saturated heterocycles. The molecular weight excluding hydrogens is 224 g/mol. The van der Waals surface area contributed by atoms with Gasteiger partial charge in [-0.2, -0.15) is 0 Å². The Morgan fingerprint density at radius 2 is 1.29 bits per heavy atom. The van der Waals surface area contributed by atoms with E-state index >= 15 is 0 Å². The zero-order valence-electron chi connectivity index (χ0n) is 7.25. The second kappa shape index (κ2) is 6.56. The molecule has 4 nitrogen and oxygen atoms in total. The van der Waals surface area contributed by atoms with Gasteiger partial charge in [-0.05, 0) is 0 Å². The summed E-state index contributed by atoms with van der Waals surface area (Å²) in [6, 6.07) is 0. The average molecular weight is 234 g/mol. The minimum absolute atomic E-state index is 0.804. The van der Waals surface area contributed by atoms with Crippen molar-refractivity contribution >= 4 is 33.5 Å². The van der Waals surface area contributed by atoms with Crippen molar-refractivity contribution in [3.8, 4) is 0 Å². The van der Waals surface area contributed by atoms with Crippen LogP contribution in [0.2, 0.25) is 0 Å². The normalized spacial score (nSPS) is 14.0. The third-order valence-corrected chi connectivity index (χ3v) is 4.07. The lowest BCUT2D eigenvalue weighted by Crippen LogP contribution is -2.15. The van der Waals surface area contributed by atoms with Crippen LogP contribution in [0.5, 0.6) is 0 Å². The smallest absolute Gasteiger partial charge is 0.321 e. The minimum Gasteiger partial charge on any atom is -0.480 e. The Morgan fingerprint density at radius 3 is 1.43 bits per heavy atom. The second-order valence-corrected chi connectivity index (χ2v) is 4.74. The molecule has 0 aromatic rings. The van der Waals surface area contributed by atoms with Crippen molar-refractivity contribution in [2.24, 2.45) is 0 Å². The summed E-state index contributed by atoms with van der Waals surface area (Å²) in [6.45, 7) is 6.69. The van der Waals surface area contributed by atoms with E-state index in [2.05, 4.69) is 13.2 Å². The SMILES string of the molecule is C=CC(SSC(C=C)C(=O)O)C(=O)O. The molecule has 0 bridgehead atoms. The summed E-state index contributed by atoms with van der Waals surface area (Å²) in [7, 11) is 1.88. The summed E-state index contributed by atoms with van der Waals surface area (Å²) < 4.78 is 0. The molecule has 0 aliphatic rings. The fourth-order valence-electron chi connectivity index (χ4n) is 0.482. The van der Waals surface area contributed by atoms with Crippen molar-refractivity contribution in [2.75, 3.05) is 0 Å². The molecule has 2 atom stereocenters. The van der Waals surface area contributed by atoms with E-state index in [-0.39, 0.29) is 0 Å². The summed E-state index contributed by atoms with van der Waals surface area (Å²) in [6.07, 6.45) is 2.50. The van der Waals surface area contributed by atoms with E-state index in [0.29, 0.717) is 0 Å². The molecule has 2 N–H and O–H groups in total. The van der Waals surface area contributed by atoms with E-state index in [9.17, 15) is 9.59 Å². The van der Waals surface area contributed by atoms with Crippen molar-refractivity contribution in [3.05, 3.63) is 25.3 Å². The van der Waals surface area contributed by atoms with Crippen molar-refractivity contribution in [1.82, 2.24) is 0 Å². The van der Waals surface area contributed by atoms with Gasteiger partial charge in [0.2, 0.25) is 0 Å². The van der Waals surface area contributed by atoms with Gasteiger partial charge >= 0.3 is 11.9 Å². The monoisotopic (exact) mass is 234 g/mol. The predicted octanol–water partition coefficient (Wildman–Crippen LogP) is 1.65. The van der Waals surface area contributed by atoms with Gasteiger partial charge in [-0.25, -0.2) is 0 Å². The highest BCUT2D eigenvalue weighted by Gasteiger charge is 2.20. The average Bonchev–Trinajstić information content (AvgIpc) is 2.11. The van der Waals surface area contributed by atoms with Crippen LogP contribution in [0.4, 0.5) is 0 Å². The molecule has 0 spiro atoms. The first-order valence-electron chi connectivity index (χ1n) is 3.55. The highest BCUT2D eigenvalue weighted by Crippen LogP contribution is 2.32. The van der Waals surface area contributed by atoms with Gasteiger partial charge < -0.3 is 10.2 Å². The van der Waals surface area contributed by atoms with Crippen LogP contribution in [0, 0.1) is 0 Å². The zero-order valence-corrected chi connectivity index (χ0v) is 8.88. The third kappa shape index (κ3) is 4.38. The molecule has 0 heterocycles. The van der Waals surface area contributed by atoms with E-state index in [1.54, 1.807) is 0 Å². The first kappa shape index (κ1) is 13.1. The maximum atomic E-state index is 10.5. The summed E-state index contributed by atoms with van der Waals surface area (Å²) in [4.78, 5) is 21.0. The Balaban J connectivity index is 4.13. The number of rotatable bonds is 7. The lowest BCUT2D eigenvalue weighted by atomic mass is 10.4. The van der Waals surface area contributed by atoms with Gasteiger partial charge in [-0.3, -0.25) is 9.59 Å². The Kier molecular flexibility index (Phi) is 6.14. The highest BCUT2D eigenvalue weighted by atomic mass is 33.1. The maximum absolute atomic E-state index is 10.5. The second-order valence-electron chi connectivity index (χ2n) is 2.18. The van der Waals surface area contributed by atoms with Gasteiger partial charge in [0.1, 0.15) is 10.5 Å². The molecule has 0 aliphatic carbocycles. The molecule has 0 rings (SSSR count). The molecule has 0 saturated carbocycles. The lowest BCUT2D eigenvalue weighted by molar-refractivity contribution is -0.136. The molecule has 6 heteroatoms. The third-order valence-electron chi connectivity index (χ3n) is 1.18. The summed E-state index contributed by atoms with van der Waals surface area (Å²) >= 11 is 0. The molecule has 2 unspecified atom stereocenters. The topological polar surface area (TPSA) is 74.6 Å². The number of carbonyl (C=O) groups is 2. The van der Waals surface area contributed by atoms with E-state index < -0.39 is 22.4 Å². The van der Waals surface area contributed by atoms with Crippen molar-refractivity contribution < 1.29 is 19.8 Å². The van der Waals surface area contributed by atoms with E-state index in [4.69, 9.17) is 10.2 Å². The quantitative estimate of drug-likeness (QED) is 0.515. The van der Waals surface area contributed by atoms with Crippen LogP contribution in [0.1, 0.15) is 0 Å². The fourth-order valence-corrected chi connectivity index (χ4v) is 2.73. The Morgan fingerprint density at radius 1 is 1.00 bits per heavy atom. The van der Waals surface area contributed by atoms with Gasteiger partial charge in [0.25, 0.3) is 0 Å². The first-order chi connectivity index (χ1) is 6.52. The van der Waals surface area contributed by atoms with Gasteiger partial charge in [0, 0.05) is 0 Å². The molecule has 0 aromatic carbocycles. The van der Waals surface area contributed by atoms with E-state index in [0.717, 1.165) is 21.6 Å². The number of hydrogen-bond acceptors (Lipinski definition) is 4. The molecule has 0 amide bonds. The summed E-state index contributed by atoms with van der Waals surface area (Å²) in [5, 5.41) is 15.6. The van der Waals surface area contributed by atoms with Crippen LogP contribution in [0.25, 0.3) is 0 Å². The number of carboxylic acid groups (broad SMARTS) is 2. The summed E-state index contributed by atoms with van der Waals surface area (Å²) in [5.41, 5.74) is 0. The molecule has 14 heavy (non-hydrogen) atoms. The fraction of sp³-hybridized carbons (Fsp3) is 0.250. The van der Waals surface area contributed by atoms with Crippen molar-refractivity contribution in [3.63, 3.8) is 0 Å². The minimum atomic E-state index is -1.04. The van der Waals surface area contributed by atoms with Crippen LogP contribution in [-0.2, 0) is 9.59 Å². The van der Waals surface area contributed by atoms with Crippen LogP contribution < -0.4 is 0 Å². The van der Waals surface area contributed by atoms with E-state index in [1.807, 2.05) is 0 Å². The van der Waals surface area contributed by atoms with Gasteiger partial charge in [-0.15, -0.1) is 13.2 Å². The van der Waals surface area contributed by atoms with E-state index in [1.165, 1.54) is 12.2 Å². The summed E-state index contributed by atoms with van der Waals surface area (Å²) in [5.74, 6) is -2.07. The van der Waals surface area contributed by atoms with Crippen LogP contribution in [0.15, 0.2) is 25.3 Å². The standard InChI is InChI=1S/C8H10O4S2/c1-3-5(7(9)10)13-14-6(4-2)8(11)12/h3-6H,1-2H2,(H,9,10)(H,11,12). The number of carboxylic acids is 2. The number of hydrogen-bond donors (Lipinski definition) is 2. The molecular formula is C8H10O4S2. The Bertz CT molecular complexity index is 226. The van der Waals surface area contributed by atoms with Gasteiger partial charge in [-0.1, -0.05) is 33.7 Å². The van der Waals surface area contributed by atoms with Crippen molar-refractivity contribution in [1.29, 1.82) is 0 Å². The largest absolute Gasteiger partial charge is 0.480 e. The van der Waals surface area contributed by atoms with Crippen LogP contribution in [0.3, 0.4) is 0 Å².